The normalized spacial score (nSPS) is 21.4. The number of nitrogens with zero attached hydrogens (tertiary/aromatic N) is 3. The molecule has 0 radical (unpaired) electrons. The van der Waals surface area contributed by atoms with Crippen molar-refractivity contribution in [1.29, 1.82) is 0 Å². The summed E-state index contributed by atoms with van der Waals surface area (Å²) in [4.78, 5) is 9.72. The minimum absolute atomic E-state index is 0.307. The summed E-state index contributed by atoms with van der Waals surface area (Å²) in [6.45, 7) is 11.2. The lowest BCUT2D eigenvalue weighted by atomic mass is 10.2. The standard InChI is InChI=1S/C21H35N5O/c1-2-22-21(24-18-20-10-6-17-27-20)23-11-7-12-25-13-15-26(16-14-25)19-8-4-3-5-9-19/h3-5,8-9,20H,2,6-7,10-18H2,1H3,(H2,22,23,24). The molecule has 2 N–H and O–H groups in total. The molecule has 0 aliphatic carbocycles. The van der Waals surface area contributed by atoms with Crippen molar-refractivity contribution >= 4 is 11.6 Å². The highest BCUT2D eigenvalue weighted by Gasteiger charge is 2.17. The van der Waals surface area contributed by atoms with E-state index in [2.05, 4.69) is 62.7 Å². The first-order valence-electron chi connectivity index (χ1n) is 10.5. The number of aliphatic imine (C=N–C) groups is 1. The van der Waals surface area contributed by atoms with Gasteiger partial charge in [0.05, 0.1) is 12.6 Å². The van der Waals surface area contributed by atoms with Crippen LogP contribution in [-0.4, -0.2) is 75.9 Å². The molecule has 2 saturated heterocycles. The monoisotopic (exact) mass is 373 g/mol. The van der Waals surface area contributed by atoms with E-state index < -0.39 is 0 Å². The topological polar surface area (TPSA) is 52.1 Å². The summed E-state index contributed by atoms with van der Waals surface area (Å²) in [6, 6.07) is 10.7. The van der Waals surface area contributed by atoms with Crippen molar-refractivity contribution in [3.63, 3.8) is 0 Å². The van der Waals surface area contributed by atoms with E-state index in [1.165, 1.54) is 12.1 Å². The van der Waals surface area contributed by atoms with Gasteiger partial charge in [0.2, 0.25) is 0 Å². The summed E-state index contributed by atoms with van der Waals surface area (Å²) in [6.07, 6.45) is 3.75. The number of para-hydroxylation sites is 1. The van der Waals surface area contributed by atoms with Crippen LogP contribution in [0.25, 0.3) is 0 Å². The fourth-order valence-corrected chi connectivity index (χ4v) is 3.70. The van der Waals surface area contributed by atoms with Crippen LogP contribution < -0.4 is 15.5 Å². The fraction of sp³-hybridized carbons (Fsp3) is 0.667. The molecule has 6 nitrogen and oxygen atoms in total. The zero-order chi connectivity index (χ0) is 18.7. The highest BCUT2D eigenvalue weighted by Crippen LogP contribution is 2.15. The van der Waals surface area contributed by atoms with Crippen molar-refractivity contribution in [2.24, 2.45) is 4.99 Å². The quantitative estimate of drug-likeness (QED) is 0.414. The number of ether oxygens (including phenoxy) is 1. The Morgan fingerprint density at radius 1 is 1.15 bits per heavy atom. The van der Waals surface area contributed by atoms with Crippen LogP contribution in [0, 0.1) is 0 Å². The van der Waals surface area contributed by atoms with Crippen molar-refractivity contribution in [2.45, 2.75) is 32.3 Å². The number of hydrogen-bond donors (Lipinski definition) is 2. The molecule has 6 heteroatoms. The highest BCUT2D eigenvalue weighted by atomic mass is 16.5. The van der Waals surface area contributed by atoms with Crippen molar-refractivity contribution in [2.75, 3.05) is 63.9 Å². The Hall–Kier alpha value is -1.79. The molecule has 2 aliphatic rings. The van der Waals surface area contributed by atoms with Gasteiger partial charge in [0, 0.05) is 51.6 Å². The van der Waals surface area contributed by atoms with Gasteiger partial charge in [-0.1, -0.05) is 18.2 Å². The fourth-order valence-electron chi connectivity index (χ4n) is 3.70. The average Bonchev–Trinajstić information content (AvgIpc) is 3.24. The summed E-state index contributed by atoms with van der Waals surface area (Å²) < 4.78 is 5.65. The summed E-state index contributed by atoms with van der Waals surface area (Å²) in [7, 11) is 0. The van der Waals surface area contributed by atoms with Crippen LogP contribution in [0.5, 0.6) is 0 Å². The number of benzene rings is 1. The number of nitrogens with one attached hydrogen (secondary N) is 2. The third-order valence-corrected chi connectivity index (χ3v) is 5.26. The summed E-state index contributed by atoms with van der Waals surface area (Å²) >= 11 is 0. The molecule has 1 aromatic carbocycles. The number of guanidine groups is 1. The molecule has 3 rings (SSSR count). The third kappa shape index (κ3) is 6.70. The molecular formula is C21H35N5O. The lowest BCUT2D eigenvalue weighted by Crippen LogP contribution is -2.47. The lowest BCUT2D eigenvalue weighted by Gasteiger charge is -2.36. The largest absolute Gasteiger partial charge is 0.376 e. The summed E-state index contributed by atoms with van der Waals surface area (Å²) in [5, 5.41) is 6.80. The van der Waals surface area contributed by atoms with Crippen LogP contribution in [0.3, 0.4) is 0 Å². The van der Waals surface area contributed by atoms with E-state index in [0.717, 1.165) is 77.8 Å². The van der Waals surface area contributed by atoms with Crippen molar-refractivity contribution in [3.05, 3.63) is 30.3 Å². The molecule has 2 aliphatic heterocycles. The maximum absolute atomic E-state index is 5.65. The van der Waals surface area contributed by atoms with Gasteiger partial charge >= 0.3 is 0 Å². The van der Waals surface area contributed by atoms with Crippen LogP contribution in [-0.2, 0) is 4.74 Å². The molecule has 27 heavy (non-hydrogen) atoms. The zero-order valence-corrected chi connectivity index (χ0v) is 16.7. The van der Waals surface area contributed by atoms with Gasteiger partial charge in [-0.3, -0.25) is 9.89 Å². The smallest absolute Gasteiger partial charge is 0.191 e. The lowest BCUT2D eigenvalue weighted by molar-refractivity contribution is 0.117. The van der Waals surface area contributed by atoms with Gasteiger partial charge in [0.25, 0.3) is 0 Å². The first kappa shape index (κ1) is 20.0. The first-order valence-corrected chi connectivity index (χ1v) is 10.5. The van der Waals surface area contributed by atoms with Crippen molar-refractivity contribution in [1.82, 2.24) is 15.5 Å². The maximum Gasteiger partial charge on any atom is 0.191 e. The van der Waals surface area contributed by atoms with Crippen molar-refractivity contribution in [3.8, 4) is 0 Å². The van der Waals surface area contributed by atoms with Gasteiger partial charge < -0.3 is 20.3 Å². The first-order chi connectivity index (χ1) is 13.3. The Labute approximate surface area is 164 Å². The van der Waals surface area contributed by atoms with Crippen LogP contribution >= 0.6 is 0 Å². The van der Waals surface area contributed by atoms with E-state index in [9.17, 15) is 0 Å². The van der Waals surface area contributed by atoms with E-state index >= 15 is 0 Å². The van der Waals surface area contributed by atoms with Crippen LogP contribution in [0.15, 0.2) is 35.3 Å². The van der Waals surface area contributed by atoms with Crippen LogP contribution in [0.4, 0.5) is 5.69 Å². The Kier molecular flexibility index (Phi) is 8.24. The van der Waals surface area contributed by atoms with E-state index in [4.69, 9.17) is 4.74 Å². The van der Waals surface area contributed by atoms with E-state index in [1.54, 1.807) is 0 Å². The molecule has 1 aromatic rings. The minimum atomic E-state index is 0.307. The number of rotatable bonds is 8. The summed E-state index contributed by atoms with van der Waals surface area (Å²) in [5.41, 5.74) is 1.34. The SMILES string of the molecule is CCNC(=NCC1CCCO1)NCCCN1CCN(c2ccccc2)CC1. The minimum Gasteiger partial charge on any atom is -0.376 e. The zero-order valence-electron chi connectivity index (χ0n) is 16.7. The van der Waals surface area contributed by atoms with E-state index in [0.29, 0.717) is 6.10 Å². The van der Waals surface area contributed by atoms with Crippen LogP contribution in [0.2, 0.25) is 0 Å². The highest BCUT2D eigenvalue weighted by molar-refractivity contribution is 5.79. The molecule has 0 saturated carbocycles. The van der Waals surface area contributed by atoms with Gasteiger partial charge in [-0.05, 0) is 44.9 Å². The summed E-state index contributed by atoms with van der Waals surface area (Å²) in [5.74, 6) is 0.918. The molecule has 1 atom stereocenters. The predicted octanol–water partition coefficient (Wildman–Crippen LogP) is 1.93. The number of hydrogen-bond acceptors (Lipinski definition) is 4. The molecule has 0 bridgehead atoms. The molecular weight excluding hydrogens is 338 g/mol. The molecule has 0 spiro atoms. The molecule has 2 fully saturated rings. The average molecular weight is 374 g/mol. The Bertz CT molecular complexity index is 551. The van der Waals surface area contributed by atoms with E-state index in [1.807, 2.05) is 0 Å². The van der Waals surface area contributed by atoms with Crippen LogP contribution in [0.1, 0.15) is 26.2 Å². The Morgan fingerprint density at radius 3 is 2.67 bits per heavy atom. The van der Waals surface area contributed by atoms with Crippen molar-refractivity contribution < 1.29 is 4.74 Å². The predicted molar refractivity (Wildman–Crippen MR) is 113 cm³/mol. The number of anilines is 1. The Balaban J connectivity index is 1.31. The molecule has 1 unspecified atom stereocenters. The Morgan fingerprint density at radius 2 is 1.96 bits per heavy atom. The number of piperazine rings is 1. The maximum atomic E-state index is 5.65. The molecule has 2 heterocycles. The third-order valence-electron chi connectivity index (χ3n) is 5.26. The molecule has 0 aromatic heterocycles. The van der Waals surface area contributed by atoms with Gasteiger partial charge in [-0.2, -0.15) is 0 Å². The van der Waals surface area contributed by atoms with Gasteiger partial charge in [-0.25, -0.2) is 0 Å². The van der Waals surface area contributed by atoms with Gasteiger partial charge in [-0.15, -0.1) is 0 Å². The van der Waals surface area contributed by atoms with Gasteiger partial charge in [0.15, 0.2) is 5.96 Å². The second-order valence-electron chi connectivity index (χ2n) is 7.30. The molecule has 150 valence electrons. The van der Waals surface area contributed by atoms with E-state index in [-0.39, 0.29) is 0 Å². The van der Waals surface area contributed by atoms with Gasteiger partial charge in [0.1, 0.15) is 0 Å². The second kappa shape index (κ2) is 11.1. The second-order valence-corrected chi connectivity index (χ2v) is 7.30. The molecule has 0 amide bonds.